The molecule has 1 rings (SSSR count). The molecule has 0 amide bonds. The Morgan fingerprint density at radius 1 is 1.18 bits per heavy atom. The maximum atomic E-state index is 3.72. The quantitative estimate of drug-likeness (QED) is 0.540. The first-order valence-electron chi connectivity index (χ1n) is 4.64. The van der Waals surface area contributed by atoms with Gasteiger partial charge in [-0.1, -0.05) is 43.1 Å². The molecule has 1 saturated carbocycles. The van der Waals surface area contributed by atoms with Gasteiger partial charge in [-0.2, -0.15) is 0 Å². The van der Waals surface area contributed by atoms with E-state index >= 15 is 0 Å². The van der Waals surface area contributed by atoms with Crippen LogP contribution in [0.2, 0.25) is 0 Å². The maximum Gasteiger partial charge on any atom is 0.0148 e. The van der Waals surface area contributed by atoms with E-state index in [2.05, 4.69) is 36.7 Å². The van der Waals surface area contributed by atoms with E-state index < -0.39 is 0 Å². The lowest BCUT2D eigenvalue weighted by Crippen LogP contribution is -2.26. The van der Waals surface area contributed by atoms with Crippen LogP contribution in [0.15, 0.2) is 0 Å². The Kier molecular flexibility index (Phi) is 3.02. The van der Waals surface area contributed by atoms with E-state index in [9.17, 15) is 0 Å². The highest BCUT2D eigenvalue weighted by Gasteiger charge is 2.29. The summed E-state index contributed by atoms with van der Waals surface area (Å²) < 4.78 is 0. The van der Waals surface area contributed by atoms with E-state index in [4.69, 9.17) is 0 Å². The molecule has 0 saturated heterocycles. The molecule has 0 heterocycles. The van der Waals surface area contributed by atoms with Crippen molar-refractivity contribution in [2.24, 2.45) is 11.3 Å². The van der Waals surface area contributed by atoms with Crippen LogP contribution >= 0.6 is 15.9 Å². The molecular formula is C10H19Br. The summed E-state index contributed by atoms with van der Waals surface area (Å²) in [6, 6.07) is 0. The van der Waals surface area contributed by atoms with Crippen LogP contribution in [0.1, 0.15) is 46.5 Å². The number of rotatable bonds is 0. The maximum absolute atomic E-state index is 3.72. The monoisotopic (exact) mass is 218 g/mol. The molecule has 66 valence electrons. The SMILES string of the molecule is CC(C)(C)[C@@H]1CCC[C@@H](Br)C1. The van der Waals surface area contributed by atoms with Gasteiger partial charge in [0.1, 0.15) is 0 Å². The predicted molar refractivity (Wildman–Crippen MR) is 54.1 cm³/mol. The Morgan fingerprint density at radius 2 is 1.82 bits per heavy atom. The van der Waals surface area contributed by atoms with Crippen molar-refractivity contribution in [1.29, 1.82) is 0 Å². The molecule has 0 unspecified atom stereocenters. The van der Waals surface area contributed by atoms with Crippen LogP contribution in [-0.2, 0) is 0 Å². The summed E-state index contributed by atoms with van der Waals surface area (Å²) in [4.78, 5) is 0.792. The van der Waals surface area contributed by atoms with Gasteiger partial charge >= 0.3 is 0 Å². The number of hydrogen-bond donors (Lipinski definition) is 0. The zero-order chi connectivity index (χ0) is 8.48. The molecule has 0 radical (unpaired) electrons. The third-order valence-electron chi connectivity index (χ3n) is 2.83. The van der Waals surface area contributed by atoms with Crippen LogP contribution in [0.25, 0.3) is 0 Å². The fraction of sp³-hybridized carbons (Fsp3) is 1.00. The molecule has 0 aromatic carbocycles. The van der Waals surface area contributed by atoms with Crippen molar-refractivity contribution in [2.45, 2.75) is 51.3 Å². The van der Waals surface area contributed by atoms with Crippen molar-refractivity contribution < 1.29 is 0 Å². The minimum absolute atomic E-state index is 0.520. The number of hydrogen-bond acceptors (Lipinski definition) is 0. The normalized spacial score (nSPS) is 33.8. The Balaban J connectivity index is 2.46. The lowest BCUT2D eigenvalue weighted by atomic mass is 9.72. The third kappa shape index (κ3) is 2.77. The molecule has 0 aliphatic heterocycles. The molecule has 0 N–H and O–H groups in total. The lowest BCUT2D eigenvalue weighted by molar-refractivity contribution is 0.184. The molecule has 0 bridgehead atoms. The molecule has 1 aliphatic rings. The second-order valence-corrected chi connectivity index (χ2v) is 6.12. The van der Waals surface area contributed by atoms with E-state index in [0.717, 1.165) is 10.7 Å². The summed E-state index contributed by atoms with van der Waals surface area (Å²) in [6.07, 6.45) is 5.61. The van der Waals surface area contributed by atoms with Gasteiger partial charge in [0.05, 0.1) is 0 Å². The first-order valence-corrected chi connectivity index (χ1v) is 5.56. The van der Waals surface area contributed by atoms with E-state index in [-0.39, 0.29) is 0 Å². The molecule has 1 heteroatoms. The van der Waals surface area contributed by atoms with Crippen molar-refractivity contribution >= 4 is 15.9 Å². The zero-order valence-electron chi connectivity index (χ0n) is 7.86. The van der Waals surface area contributed by atoms with Crippen LogP contribution < -0.4 is 0 Å². The van der Waals surface area contributed by atoms with Gasteiger partial charge in [-0.15, -0.1) is 0 Å². The summed E-state index contributed by atoms with van der Waals surface area (Å²) in [5, 5.41) is 0. The van der Waals surface area contributed by atoms with Crippen LogP contribution in [0.5, 0.6) is 0 Å². The molecule has 1 fully saturated rings. The topological polar surface area (TPSA) is 0 Å². The van der Waals surface area contributed by atoms with E-state index in [1.165, 1.54) is 25.7 Å². The standard InChI is InChI=1S/C10H19Br/c1-10(2,3)8-5-4-6-9(11)7-8/h8-9H,4-7H2,1-3H3/t8-,9-/m1/s1. The fourth-order valence-corrected chi connectivity index (χ4v) is 2.69. The van der Waals surface area contributed by atoms with Crippen molar-refractivity contribution in [2.75, 3.05) is 0 Å². The van der Waals surface area contributed by atoms with E-state index in [0.29, 0.717) is 5.41 Å². The van der Waals surface area contributed by atoms with Gasteiger partial charge in [-0.05, 0) is 30.6 Å². The van der Waals surface area contributed by atoms with Crippen molar-refractivity contribution in [1.82, 2.24) is 0 Å². The van der Waals surface area contributed by atoms with Crippen molar-refractivity contribution in [3.8, 4) is 0 Å². The number of alkyl halides is 1. The zero-order valence-corrected chi connectivity index (χ0v) is 9.45. The van der Waals surface area contributed by atoms with Gasteiger partial charge in [-0.25, -0.2) is 0 Å². The molecule has 11 heavy (non-hydrogen) atoms. The average Bonchev–Trinajstić information content (AvgIpc) is 1.86. The highest BCUT2D eigenvalue weighted by Crippen LogP contribution is 2.39. The van der Waals surface area contributed by atoms with Gasteiger partial charge in [0, 0.05) is 4.83 Å². The predicted octanol–water partition coefficient (Wildman–Crippen LogP) is 3.99. The molecule has 2 atom stereocenters. The first-order chi connectivity index (χ1) is 5.00. The van der Waals surface area contributed by atoms with Gasteiger partial charge in [0.2, 0.25) is 0 Å². The summed E-state index contributed by atoms with van der Waals surface area (Å²) >= 11 is 3.72. The Morgan fingerprint density at radius 3 is 2.18 bits per heavy atom. The summed E-state index contributed by atoms with van der Waals surface area (Å²) in [7, 11) is 0. The first kappa shape index (κ1) is 9.57. The van der Waals surface area contributed by atoms with E-state index in [1.807, 2.05) is 0 Å². The molecule has 0 nitrogen and oxygen atoms in total. The smallest absolute Gasteiger partial charge is 0.0148 e. The van der Waals surface area contributed by atoms with Gasteiger partial charge in [-0.3, -0.25) is 0 Å². The summed E-state index contributed by atoms with van der Waals surface area (Å²) in [5.74, 6) is 0.931. The molecule has 0 aromatic heterocycles. The largest absolute Gasteiger partial charge is 0.0891 e. The Hall–Kier alpha value is 0.480. The fourth-order valence-electron chi connectivity index (χ4n) is 1.92. The van der Waals surface area contributed by atoms with Crippen LogP contribution in [0.4, 0.5) is 0 Å². The molecule has 0 aromatic rings. The number of halogens is 1. The van der Waals surface area contributed by atoms with Gasteiger partial charge in [0.15, 0.2) is 0 Å². The highest BCUT2D eigenvalue weighted by molar-refractivity contribution is 9.09. The Bertz CT molecular complexity index is 123. The van der Waals surface area contributed by atoms with Gasteiger partial charge < -0.3 is 0 Å². The van der Waals surface area contributed by atoms with Crippen molar-refractivity contribution in [3.63, 3.8) is 0 Å². The van der Waals surface area contributed by atoms with Crippen molar-refractivity contribution in [3.05, 3.63) is 0 Å². The molecule has 1 aliphatic carbocycles. The van der Waals surface area contributed by atoms with Crippen LogP contribution in [0, 0.1) is 11.3 Å². The highest BCUT2D eigenvalue weighted by atomic mass is 79.9. The Labute approximate surface area is 78.9 Å². The molecule has 0 spiro atoms. The van der Waals surface area contributed by atoms with Crippen LogP contribution in [0.3, 0.4) is 0 Å². The summed E-state index contributed by atoms with van der Waals surface area (Å²) in [5.41, 5.74) is 0.520. The summed E-state index contributed by atoms with van der Waals surface area (Å²) in [6.45, 7) is 7.09. The van der Waals surface area contributed by atoms with Gasteiger partial charge in [0.25, 0.3) is 0 Å². The molecular weight excluding hydrogens is 200 g/mol. The second-order valence-electron chi connectivity index (χ2n) is 4.83. The minimum atomic E-state index is 0.520. The average molecular weight is 219 g/mol. The van der Waals surface area contributed by atoms with Crippen LogP contribution in [-0.4, -0.2) is 4.83 Å². The lowest BCUT2D eigenvalue weighted by Gasteiger charge is -2.35. The second kappa shape index (κ2) is 3.47. The van der Waals surface area contributed by atoms with E-state index in [1.54, 1.807) is 0 Å². The third-order valence-corrected chi connectivity index (χ3v) is 3.67. The minimum Gasteiger partial charge on any atom is -0.0891 e.